The Morgan fingerprint density at radius 3 is 2.82 bits per heavy atom. The molecule has 1 heterocycles. The molecule has 1 N–H and O–H groups in total. The summed E-state index contributed by atoms with van der Waals surface area (Å²) >= 11 is 6.22. The van der Waals surface area contributed by atoms with Crippen LogP contribution in [0.15, 0.2) is 18.2 Å². The summed E-state index contributed by atoms with van der Waals surface area (Å²) in [6, 6.07) is 7.46. The van der Waals surface area contributed by atoms with Crippen molar-refractivity contribution < 1.29 is 0 Å². The number of anilines is 1. The van der Waals surface area contributed by atoms with Gasteiger partial charge in [-0.1, -0.05) is 17.7 Å². The number of hydrogen-bond acceptors (Lipinski definition) is 2. The van der Waals surface area contributed by atoms with Gasteiger partial charge < -0.3 is 10.2 Å². The molecule has 0 aromatic heterocycles. The molecule has 2 nitrogen and oxygen atoms in total. The Kier molecular flexibility index (Phi) is 3.95. The molecule has 0 amide bonds. The molecule has 0 saturated carbocycles. The van der Waals surface area contributed by atoms with Crippen LogP contribution in [0.4, 0.5) is 5.69 Å². The van der Waals surface area contributed by atoms with E-state index in [2.05, 4.69) is 42.3 Å². The Hall–Kier alpha value is -0.730. The molecule has 17 heavy (non-hydrogen) atoms. The van der Waals surface area contributed by atoms with Crippen molar-refractivity contribution in [1.29, 1.82) is 0 Å². The fourth-order valence-electron chi connectivity index (χ4n) is 2.35. The van der Waals surface area contributed by atoms with Gasteiger partial charge in [-0.15, -0.1) is 0 Å². The van der Waals surface area contributed by atoms with Crippen molar-refractivity contribution in [2.75, 3.05) is 18.0 Å². The molecule has 1 aliphatic rings. The Morgan fingerprint density at radius 2 is 2.12 bits per heavy atom. The maximum absolute atomic E-state index is 6.22. The normalized spacial score (nSPS) is 25.8. The minimum absolute atomic E-state index is 0.528. The maximum atomic E-state index is 6.22. The average molecular weight is 253 g/mol. The second kappa shape index (κ2) is 5.28. The van der Waals surface area contributed by atoms with Gasteiger partial charge in [0.05, 0.1) is 0 Å². The summed E-state index contributed by atoms with van der Waals surface area (Å²) in [6.45, 7) is 8.70. The topological polar surface area (TPSA) is 15.3 Å². The lowest BCUT2D eigenvalue weighted by Crippen LogP contribution is -2.38. The fraction of sp³-hybridized carbons (Fsp3) is 0.571. The van der Waals surface area contributed by atoms with Crippen LogP contribution in [0.25, 0.3) is 0 Å². The van der Waals surface area contributed by atoms with Gasteiger partial charge >= 0.3 is 0 Å². The molecule has 0 aliphatic carbocycles. The molecule has 0 bridgehead atoms. The number of nitrogens with one attached hydrogen (secondary N) is 1. The van der Waals surface area contributed by atoms with E-state index in [1.54, 1.807) is 0 Å². The Labute approximate surface area is 109 Å². The summed E-state index contributed by atoms with van der Waals surface area (Å²) in [5.74, 6) is 0. The summed E-state index contributed by atoms with van der Waals surface area (Å²) in [4.78, 5) is 2.45. The molecule has 1 aromatic carbocycles. The summed E-state index contributed by atoms with van der Waals surface area (Å²) in [5, 5.41) is 4.39. The lowest BCUT2D eigenvalue weighted by atomic mass is 10.1. The zero-order valence-electron chi connectivity index (χ0n) is 10.8. The SMILES string of the molecule is Cc1ccc(N2CC(C)NCCC2C)cc1Cl. The molecule has 2 atom stereocenters. The standard InChI is InChI=1S/C14H21ClN2/c1-10-4-5-13(8-14(10)15)17-9-11(2)16-7-6-12(17)3/h4-5,8,11-12,16H,6-7,9H2,1-3H3. The van der Waals surface area contributed by atoms with Crippen molar-refractivity contribution in [2.24, 2.45) is 0 Å². The van der Waals surface area contributed by atoms with Crippen LogP contribution in [0.1, 0.15) is 25.8 Å². The molecule has 1 saturated heterocycles. The average Bonchev–Trinajstić information content (AvgIpc) is 2.45. The lowest BCUT2D eigenvalue weighted by Gasteiger charge is -2.31. The van der Waals surface area contributed by atoms with Gasteiger partial charge in [0.2, 0.25) is 0 Å². The van der Waals surface area contributed by atoms with E-state index in [1.165, 1.54) is 12.1 Å². The minimum atomic E-state index is 0.528. The number of nitrogens with zero attached hydrogens (tertiary/aromatic N) is 1. The highest BCUT2D eigenvalue weighted by Crippen LogP contribution is 2.26. The van der Waals surface area contributed by atoms with Crippen LogP contribution >= 0.6 is 11.6 Å². The molecular formula is C14H21ClN2. The van der Waals surface area contributed by atoms with Crippen molar-refractivity contribution >= 4 is 17.3 Å². The van der Waals surface area contributed by atoms with E-state index in [9.17, 15) is 0 Å². The largest absolute Gasteiger partial charge is 0.367 e. The first-order valence-electron chi connectivity index (χ1n) is 6.34. The third-order valence-corrected chi connectivity index (χ3v) is 3.95. The number of aryl methyl sites for hydroxylation is 1. The Balaban J connectivity index is 2.26. The first-order chi connectivity index (χ1) is 8.08. The first-order valence-corrected chi connectivity index (χ1v) is 6.72. The van der Waals surface area contributed by atoms with E-state index >= 15 is 0 Å². The zero-order valence-corrected chi connectivity index (χ0v) is 11.6. The molecular weight excluding hydrogens is 232 g/mol. The number of rotatable bonds is 1. The van der Waals surface area contributed by atoms with Crippen LogP contribution in [-0.2, 0) is 0 Å². The second-order valence-corrected chi connectivity index (χ2v) is 5.49. The van der Waals surface area contributed by atoms with Crippen LogP contribution in [-0.4, -0.2) is 25.2 Å². The molecule has 2 rings (SSSR count). The molecule has 1 aromatic rings. The monoisotopic (exact) mass is 252 g/mol. The Morgan fingerprint density at radius 1 is 1.35 bits per heavy atom. The molecule has 1 aliphatic heterocycles. The number of benzene rings is 1. The molecule has 3 heteroatoms. The quantitative estimate of drug-likeness (QED) is 0.826. The van der Waals surface area contributed by atoms with Crippen LogP contribution in [0.5, 0.6) is 0 Å². The van der Waals surface area contributed by atoms with E-state index in [4.69, 9.17) is 11.6 Å². The van der Waals surface area contributed by atoms with Gasteiger partial charge in [-0.3, -0.25) is 0 Å². The van der Waals surface area contributed by atoms with Crippen molar-refractivity contribution in [3.8, 4) is 0 Å². The van der Waals surface area contributed by atoms with Crippen LogP contribution in [0, 0.1) is 6.92 Å². The van der Waals surface area contributed by atoms with Crippen molar-refractivity contribution in [3.63, 3.8) is 0 Å². The van der Waals surface area contributed by atoms with Gasteiger partial charge in [0.15, 0.2) is 0 Å². The lowest BCUT2D eigenvalue weighted by molar-refractivity contribution is 0.585. The summed E-state index contributed by atoms with van der Waals surface area (Å²) in [7, 11) is 0. The second-order valence-electron chi connectivity index (χ2n) is 5.08. The van der Waals surface area contributed by atoms with Gasteiger partial charge in [-0.2, -0.15) is 0 Å². The van der Waals surface area contributed by atoms with E-state index in [0.29, 0.717) is 12.1 Å². The van der Waals surface area contributed by atoms with E-state index in [1.807, 2.05) is 6.92 Å². The van der Waals surface area contributed by atoms with Crippen LogP contribution < -0.4 is 10.2 Å². The van der Waals surface area contributed by atoms with E-state index < -0.39 is 0 Å². The van der Waals surface area contributed by atoms with Gasteiger partial charge in [-0.25, -0.2) is 0 Å². The smallest absolute Gasteiger partial charge is 0.0455 e. The van der Waals surface area contributed by atoms with E-state index in [-0.39, 0.29) is 0 Å². The van der Waals surface area contributed by atoms with Gasteiger partial charge in [-0.05, 0) is 51.4 Å². The highest BCUT2D eigenvalue weighted by molar-refractivity contribution is 6.31. The number of hydrogen-bond donors (Lipinski definition) is 1. The zero-order chi connectivity index (χ0) is 12.4. The van der Waals surface area contributed by atoms with E-state index in [0.717, 1.165) is 23.7 Å². The highest BCUT2D eigenvalue weighted by Gasteiger charge is 2.20. The first kappa shape index (κ1) is 12.7. The van der Waals surface area contributed by atoms with Crippen molar-refractivity contribution in [3.05, 3.63) is 28.8 Å². The fourth-order valence-corrected chi connectivity index (χ4v) is 2.53. The molecule has 1 fully saturated rings. The van der Waals surface area contributed by atoms with Gasteiger partial charge in [0.1, 0.15) is 0 Å². The predicted molar refractivity (Wildman–Crippen MR) is 75.1 cm³/mol. The molecule has 0 spiro atoms. The molecule has 94 valence electrons. The van der Waals surface area contributed by atoms with Crippen LogP contribution in [0.2, 0.25) is 5.02 Å². The summed E-state index contributed by atoms with van der Waals surface area (Å²) in [6.07, 6.45) is 1.18. The summed E-state index contributed by atoms with van der Waals surface area (Å²) < 4.78 is 0. The van der Waals surface area contributed by atoms with Gasteiger partial charge in [0.25, 0.3) is 0 Å². The van der Waals surface area contributed by atoms with Gasteiger partial charge in [0, 0.05) is 29.3 Å². The third-order valence-electron chi connectivity index (χ3n) is 3.54. The predicted octanol–water partition coefficient (Wildman–Crippen LogP) is 3.23. The maximum Gasteiger partial charge on any atom is 0.0455 e. The van der Waals surface area contributed by atoms with Crippen molar-refractivity contribution in [2.45, 2.75) is 39.3 Å². The Bertz CT molecular complexity index is 392. The third kappa shape index (κ3) is 2.93. The number of halogens is 1. The molecule has 0 radical (unpaired) electrons. The van der Waals surface area contributed by atoms with Crippen LogP contribution in [0.3, 0.4) is 0 Å². The summed E-state index contributed by atoms with van der Waals surface area (Å²) in [5.41, 5.74) is 2.38. The van der Waals surface area contributed by atoms with Crippen molar-refractivity contribution in [1.82, 2.24) is 5.32 Å². The minimum Gasteiger partial charge on any atom is -0.367 e. The highest BCUT2D eigenvalue weighted by atomic mass is 35.5. The molecule has 2 unspecified atom stereocenters.